The molecule has 0 saturated carbocycles. The number of hydrogen-bond donors (Lipinski definition) is 2. The zero-order valence-corrected chi connectivity index (χ0v) is 6.49. The van der Waals surface area contributed by atoms with Gasteiger partial charge in [0.1, 0.15) is 5.75 Å². The molecule has 0 aliphatic carbocycles. The average molecular weight is 159 g/mol. The van der Waals surface area contributed by atoms with Crippen LogP contribution >= 0.6 is 0 Å². The van der Waals surface area contributed by atoms with Crippen LogP contribution in [0.4, 0.5) is 5.69 Å². The van der Waals surface area contributed by atoms with Crippen LogP contribution in [0.2, 0.25) is 0 Å². The molecule has 1 aromatic carbocycles. The van der Waals surface area contributed by atoms with Gasteiger partial charge in [0.25, 0.3) is 0 Å². The maximum atomic E-state index is 9.19. The molecule has 0 amide bonds. The summed E-state index contributed by atoms with van der Waals surface area (Å²) in [5, 5.41) is 12.3. The Labute approximate surface area is 70.9 Å². The summed E-state index contributed by atoms with van der Waals surface area (Å²) in [7, 11) is 0. The van der Waals surface area contributed by atoms with Crippen molar-refractivity contribution < 1.29 is 5.11 Å². The topological polar surface area (TPSA) is 32.3 Å². The van der Waals surface area contributed by atoms with Crippen LogP contribution in [0.25, 0.3) is 6.08 Å². The van der Waals surface area contributed by atoms with Gasteiger partial charge in [-0.3, -0.25) is 0 Å². The summed E-state index contributed by atoms with van der Waals surface area (Å²) in [6.45, 7) is 0. The lowest BCUT2D eigenvalue weighted by molar-refractivity contribution is 0.475. The molecular weight excluding hydrogens is 150 g/mol. The highest BCUT2D eigenvalue weighted by Crippen LogP contribution is 2.23. The highest BCUT2D eigenvalue weighted by Gasteiger charge is 1.99. The fourth-order valence-corrected chi connectivity index (χ4v) is 1.17. The van der Waals surface area contributed by atoms with Crippen molar-refractivity contribution >= 4 is 11.8 Å². The molecule has 0 aromatic heterocycles. The van der Waals surface area contributed by atoms with E-state index in [1.807, 2.05) is 30.5 Å². The van der Waals surface area contributed by atoms with Gasteiger partial charge in [0, 0.05) is 18.0 Å². The van der Waals surface area contributed by atoms with Crippen LogP contribution in [0, 0.1) is 0 Å². The minimum atomic E-state index is 0.282. The van der Waals surface area contributed by atoms with Gasteiger partial charge >= 0.3 is 0 Å². The van der Waals surface area contributed by atoms with Crippen molar-refractivity contribution in [1.82, 2.24) is 0 Å². The van der Waals surface area contributed by atoms with E-state index in [1.165, 1.54) is 0 Å². The van der Waals surface area contributed by atoms with E-state index in [1.54, 1.807) is 12.1 Å². The predicted octanol–water partition coefficient (Wildman–Crippen LogP) is 2.34. The largest absolute Gasteiger partial charge is 0.508 e. The summed E-state index contributed by atoms with van der Waals surface area (Å²) in [5.41, 5.74) is 2.01. The summed E-state index contributed by atoms with van der Waals surface area (Å²) in [4.78, 5) is 0. The van der Waals surface area contributed by atoms with Crippen molar-refractivity contribution in [1.29, 1.82) is 0 Å². The molecule has 2 nitrogen and oxygen atoms in total. The molecule has 1 heterocycles. The maximum Gasteiger partial charge on any atom is 0.117 e. The highest BCUT2D eigenvalue weighted by molar-refractivity contribution is 5.71. The zero-order valence-electron chi connectivity index (χ0n) is 6.49. The quantitative estimate of drug-likeness (QED) is 0.609. The molecule has 1 aliphatic rings. The average Bonchev–Trinajstić information content (AvgIpc) is 2.28. The molecule has 60 valence electrons. The van der Waals surface area contributed by atoms with Crippen LogP contribution in [0.5, 0.6) is 5.75 Å². The third-order valence-corrected chi connectivity index (χ3v) is 1.76. The SMILES string of the molecule is Oc1ccc2c(c1)NC=CC=C2. The number of anilines is 1. The molecule has 0 atom stereocenters. The number of fused-ring (bicyclic) bond motifs is 1. The van der Waals surface area contributed by atoms with E-state index in [2.05, 4.69) is 5.32 Å². The zero-order chi connectivity index (χ0) is 8.39. The molecule has 0 radical (unpaired) electrons. The summed E-state index contributed by atoms with van der Waals surface area (Å²) in [6.07, 6.45) is 7.69. The van der Waals surface area contributed by atoms with E-state index in [4.69, 9.17) is 0 Å². The minimum absolute atomic E-state index is 0.282. The van der Waals surface area contributed by atoms with Gasteiger partial charge in [-0.2, -0.15) is 0 Å². The molecule has 0 spiro atoms. The van der Waals surface area contributed by atoms with Gasteiger partial charge in [-0.25, -0.2) is 0 Å². The van der Waals surface area contributed by atoms with Gasteiger partial charge in [0.05, 0.1) is 0 Å². The van der Waals surface area contributed by atoms with Crippen molar-refractivity contribution in [3.8, 4) is 5.75 Å². The molecule has 1 aliphatic heterocycles. The van der Waals surface area contributed by atoms with Crippen molar-refractivity contribution in [3.05, 3.63) is 42.1 Å². The summed E-state index contributed by atoms with van der Waals surface area (Å²) in [5.74, 6) is 0.282. The van der Waals surface area contributed by atoms with E-state index in [0.717, 1.165) is 11.3 Å². The highest BCUT2D eigenvalue weighted by atomic mass is 16.3. The van der Waals surface area contributed by atoms with Gasteiger partial charge in [0.15, 0.2) is 0 Å². The Morgan fingerprint density at radius 2 is 2.08 bits per heavy atom. The van der Waals surface area contributed by atoms with Crippen molar-refractivity contribution in [2.45, 2.75) is 0 Å². The Balaban J connectivity index is 2.53. The van der Waals surface area contributed by atoms with Crippen LogP contribution in [-0.2, 0) is 0 Å². The third-order valence-electron chi connectivity index (χ3n) is 1.76. The third kappa shape index (κ3) is 1.19. The van der Waals surface area contributed by atoms with E-state index in [0.29, 0.717) is 0 Å². The Kier molecular flexibility index (Phi) is 1.59. The van der Waals surface area contributed by atoms with E-state index >= 15 is 0 Å². The van der Waals surface area contributed by atoms with Crippen molar-refractivity contribution in [3.63, 3.8) is 0 Å². The monoisotopic (exact) mass is 159 g/mol. The first kappa shape index (κ1) is 6.98. The number of phenolic OH excluding ortho intramolecular Hbond substituents is 1. The molecule has 1 aromatic rings. The molecule has 12 heavy (non-hydrogen) atoms. The van der Waals surface area contributed by atoms with Crippen LogP contribution in [0.3, 0.4) is 0 Å². The Morgan fingerprint density at radius 3 is 3.00 bits per heavy atom. The first-order chi connectivity index (χ1) is 5.86. The van der Waals surface area contributed by atoms with Gasteiger partial charge in [-0.15, -0.1) is 0 Å². The molecule has 0 bridgehead atoms. The summed E-state index contributed by atoms with van der Waals surface area (Å²) >= 11 is 0. The lowest BCUT2D eigenvalue weighted by Crippen LogP contribution is -1.88. The van der Waals surface area contributed by atoms with Crippen LogP contribution in [0.1, 0.15) is 5.56 Å². The standard InChI is InChI=1S/C10H9NO/c12-9-5-4-8-3-1-2-6-11-10(8)7-9/h1-7,11-12H. The smallest absolute Gasteiger partial charge is 0.117 e. The number of benzene rings is 1. The lowest BCUT2D eigenvalue weighted by Gasteiger charge is -2.04. The summed E-state index contributed by atoms with van der Waals surface area (Å²) in [6, 6.07) is 5.26. The van der Waals surface area contributed by atoms with Crippen LogP contribution < -0.4 is 5.32 Å². The fraction of sp³-hybridized carbons (Fsp3) is 0. The maximum absolute atomic E-state index is 9.19. The normalized spacial score (nSPS) is 13.3. The fourth-order valence-electron chi connectivity index (χ4n) is 1.17. The van der Waals surface area contributed by atoms with E-state index in [9.17, 15) is 5.11 Å². The number of phenols is 1. The second-order valence-electron chi connectivity index (χ2n) is 2.63. The second-order valence-corrected chi connectivity index (χ2v) is 2.63. The Morgan fingerprint density at radius 1 is 1.17 bits per heavy atom. The van der Waals surface area contributed by atoms with Gasteiger partial charge in [0.2, 0.25) is 0 Å². The number of aromatic hydroxyl groups is 1. The van der Waals surface area contributed by atoms with Crippen LogP contribution in [-0.4, -0.2) is 5.11 Å². The number of nitrogens with one attached hydrogen (secondary N) is 1. The Hall–Kier alpha value is -1.70. The van der Waals surface area contributed by atoms with Gasteiger partial charge < -0.3 is 10.4 Å². The van der Waals surface area contributed by atoms with Crippen LogP contribution in [0.15, 0.2) is 36.6 Å². The lowest BCUT2D eigenvalue weighted by atomic mass is 10.1. The molecule has 2 heteroatoms. The molecule has 0 fully saturated rings. The van der Waals surface area contributed by atoms with Crippen molar-refractivity contribution in [2.24, 2.45) is 0 Å². The predicted molar refractivity (Wildman–Crippen MR) is 49.9 cm³/mol. The molecular formula is C10H9NO. The van der Waals surface area contributed by atoms with Gasteiger partial charge in [-0.1, -0.05) is 12.2 Å². The van der Waals surface area contributed by atoms with E-state index in [-0.39, 0.29) is 5.75 Å². The van der Waals surface area contributed by atoms with Gasteiger partial charge in [-0.05, 0) is 23.8 Å². The first-order valence-corrected chi connectivity index (χ1v) is 3.79. The number of rotatable bonds is 0. The molecule has 0 saturated heterocycles. The molecule has 2 N–H and O–H groups in total. The molecule has 2 rings (SSSR count). The molecule has 0 unspecified atom stereocenters. The van der Waals surface area contributed by atoms with Crippen molar-refractivity contribution in [2.75, 3.05) is 5.32 Å². The minimum Gasteiger partial charge on any atom is -0.508 e. The first-order valence-electron chi connectivity index (χ1n) is 3.79. The number of allylic oxidation sites excluding steroid dienone is 2. The van der Waals surface area contributed by atoms with E-state index < -0.39 is 0 Å². The number of hydrogen-bond acceptors (Lipinski definition) is 2. The second kappa shape index (κ2) is 2.74. The Bertz CT molecular complexity index is 353. The summed E-state index contributed by atoms with van der Waals surface area (Å²) < 4.78 is 0.